The largest absolute Gasteiger partial charge is 0.459 e. The number of carbonyl (C=O) groups excluding carboxylic acids is 1. The molecule has 0 aliphatic heterocycles. The van der Waals surface area contributed by atoms with Gasteiger partial charge in [-0.2, -0.15) is 10.4 Å². The van der Waals surface area contributed by atoms with Crippen LogP contribution in [0.4, 0.5) is 0 Å². The van der Waals surface area contributed by atoms with Crippen LogP contribution < -0.4 is 0 Å². The van der Waals surface area contributed by atoms with Crippen molar-refractivity contribution in [1.82, 2.24) is 9.61 Å². The van der Waals surface area contributed by atoms with E-state index >= 15 is 0 Å². The van der Waals surface area contributed by atoms with E-state index in [4.69, 9.17) is 4.74 Å². The number of benzene rings is 2. The van der Waals surface area contributed by atoms with Gasteiger partial charge in [-0.3, -0.25) is 0 Å². The molecule has 0 saturated carbocycles. The molecule has 4 aromatic rings. The summed E-state index contributed by atoms with van der Waals surface area (Å²) in [6.45, 7) is 5.86. The van der Waals surface area contributed by atoms with Crippen molar-refractivity contribution in [2.75, 3.05) is 0 Å². The lowest BCUT2D eigenvalue weighted by atomic mass is 9.97. The zero-order chi connectivity index (χ0) is 22.7. The average molecular weight is 424 g/mol. The molecular formula is C27H25N3O2. The van der Waals surface area contributed by atoms with Crippen LogP contribution in [-0.4, -0.2) is 21.7 Å². The SMILES string of the molecule is CCC(C)OC(=O)c1cc(C)c2c(Cc3ccc(-c4ccccc4C#N)cc3)cnn2c1. The van der Waals surface area contributed by atoms with Crippen molar-refractivity contribution in [2.24, 2.45) is 0 Å². The van der Waals surface area contributed by atoms with Gasteiger partial charge < -0.3 is 4.74 Å². The Hall–Kier alpha value is -3.91. The summed E-state index contributed by atoms with van der Waals surface area (Å²) in [5.74, 6) is -0.324. The molecular weight excluding hydrogens is 398 g/mol. The van der Waals surface area contributed by atoms with Crippen molar-refractivity contribution in [3.05, 3.63) is 94.8 Å². The Morgan fingerprint density at radius 2 is 1.94 bits per heavy atom. The van der Waals surface area contributed by atoms with Crippen LogP contribution in [0, 0.1) is 18.3 Å². The number of carbonyl (C=O) groups is 1. The van der Waals surface area contributed by atoms with Crippen molar-refractivity contribution in [1.29, 1.82) is 5.26 Å². The van der Waals surface area contributed by atoms with E-state index in [2.05, 4.69) is 23.3 Å². The Balaban J connectivity index is 1.58. The second-order valence-corrected chi connectivity index (χ2v) is 8.03. The minimum absolute atomic E-state index is 0.116. The van der Waals surface area contributed by atoms with Gasteiger partial charge >= 0.3 is 5.97 Å². The fourth-order valence-electron chi connectivity index (χ4n) is 3.83. The molecule has 1 atom stereocenters. The summed E-state index contributed by atoms with van der Waals surface area (Å²) in [7, 11) is 0. The second kappa shape index (κ2) is 9.07. The monoisotopic (exact) mass is 423 g/mol. The summed E-state index contributed by atoms with van der Waals surface area (Å²) in [5, 5.41) is 13.8. The molecule has 0 aliphatic rings. The Morgan fingerprint density at radius 1 is 1.19 bits per heavy atom. The Kier molecular flexibility index (Phi) is 6.04. The van der Waals surface area contributed by atoms with Gasteiger partial charge in [0.15, 0.2) is 0 Å². The molecule has 2 heterocycles. The summed E-state index contributed by atoms with van der Waals surface area (Å²) in [5.41, 5.74) is 7.36. The number of hydrogen-bond acceptors (Lipinski definition) is 4. The predicted octanol–water partition coefficient (Wildman–Crippen LogP) is 5.73. The first-order valence-corrected chi connectivity index (χ1v) is 10.8. The first kappa shape index (κ1) is 21.3. The number of ether oxygens (including phenoxy) is 1. The molecule has 0 spiro atoms. The summed E-state index contributed by atoms with van der Waals surface area (Å²) in [4.78, 5) is 12.4. The molecule has 5 nitrogen and oxygen atoms in total. The van der Waals surface area contributed by atoms with Gasteiger partial charge in [0.2, 0.25) is 0 Å². The van der Waals surface area contributed by atoms with Crippen molar-refractivity contribution < 1.29 is 9.53 Å². The second-order valence-electron chi connectivity index (χ2n) is 8.03. The quantitative estimate of drug-likeness (QED) is 0.372. The maximum Gasteiger partial charge on any atom is 0.339 e. The third kappa shape index (κ3) is 4.26. The van der Waals surface area contributed by atoms with Crippen LogP contribution in [0.15, 0.2) is 67.0 Å². The van der Waals surface area contributed by atoms with E-state index in [-0.39, 0.29) is 12.1 Å². The summed E-state index contributed by atoms with van der Waals surface area (Å²) < 4.78 is 7.22. The number of fused-ring (bicyclic) bond motifs is 1. The molecule has 0 fully saturated rings. The van der Waals surface area contributed by atoms with Crippen LogP contribution in [0.2, 0.25) is 0 Å². The molecule has 2 aromatic carbocycles. The van der Waals surface area contributed by atoms with Gasteiger partial charge in [-0.1, -0.05) is 49.4 Å². The number of aryl methyl sites for hydroxylation is 1. The van der Waals surface area contributed by atoms with Gasteiger partial charge in [0.05, 0.1) is 35.0 Å². The third-order valence-electron chi connectivity index (χ3n) is 5.70. The normalized spacial score (nSPS) is 11.8. The van der Waals surface area contributed by atoms with Crippen LogP contribution in [0.5, 0.6) is 0 Å². The van der Waals surface area contributed by atoms with Crippen LogP contribution >= 0.6 is 0 Å². The minimum Gasteiger partial charge on any atom is -0.459 e. The highest BCUT2D eigenvalue weighted by Gasteiger charge is 2.16. The van der Waals surface area contributed by atoms with Crippen LogP contribution in [0.25, 0.3) is 16.6 Å². The highest BCUT2D eigenvalue weighted by atomic mass is 16.5. The molecule has 160 valence electrons. The van der Waals surface area contributed by atoms with Crippen LogP contribution in [-0.2, 0) is 11.2 Å². The molecule has 2 aromatic heterocycles. The van der Waals surface area contributed by atoms with Gasteiger partial charge in [-0.25, -0.2) is 9.31 Å². The number of aromatic nitrogens is 2. The van der Waals surface area contributed by atoms with E-state index in [9.17, 15) is 10.1 Å². The molecule has 0 N–H and O–H groups in total. The molecule has 4 rings (SSSR count). The number of rotatable bonds is 6. The third-order valence-corrected chi connectivity index (χ3v) is 5.70. The molecule has 0 aliphatic carbocycles. The lowest BCUT2D eigenvalue weighted by Crippen LogP contribution is -2.15. The Morgan fingerprint density at radius 3 is 2.66 bits per heavy atom. The fourth-order valence-corrected chi connectivity index (χ4v) is 3.83. The molecule has 32 heavy (non-hydrogen) atoms. The number of esters is 1. The Labute approximate surface area is 187 Å². The van der Waals surface area contributed by atoms with E-state index in [1.807, 2.05) is 69.4 Å². The zero-order valence-electron chi connectivity index (χ0n) is 18.5. The van der Waals surface area contributed by atoms with E-state index in [1.165, 1.54) is 0 Å². The van der Waals surface area contributed by atoms with Crippen molar-refractivity contribution >= 4 is 11.5 Å². The summed E-state index contributed by atoms with van der Waals surface area (Å²) in [6.07, 6.45) is 4.97. The standard InChI is InChI=1S/C27H25N3O2/c1-4-19(3)32-27(31)24-13-18(2)26-23(16-29-30(26)17-24)14-20-9-11-21(12-10-20)25-8-6-5-7-22(25)15-28/h5-13,16-17,19H,4,14H2,1-3H3. The lowest BCUT2D eigenvalue weighted by molar-refractivity contribution is 0.0333. The fraction of sp³-hybridized carbons (Fsp3) is 0.222. The lowest BCUT2D eigenvalue weighted by Gasteiger charge is -2.12. The van der Waals surface area contributed by atoms with Gasteiger partial charge in [0.25, 0.3) is 0 Å². The van der Waals surface area contributed by atoms with Crippen LogP contribution in [0.1, 0.15) is 52.9 Å². The Bertz CT molecular complexity index is 1310. The maximum absolute atomic E-state index is 12.4. The van der Waals surface area contributed by atoms with Gasteiger partial charge in [-0.15, -0.1) is 0 Å². The topological polar surface area (TPSA) is 67.4 Å². The summed E-state index contributed by atoms with van der Waals surface area (Å²) in [6, 6.07) is 20.0. The van der Waals surface area contributed by atoms with E-state index in [1.54, 1.807) is 10.7 Å². The van der Waals surface area contributed by atoms with Crippen LogP contribution in [0.3, 0.4) is 0 Å². The van der Waals surface area contributed by atoms with Gasteiger partial charge in [0.1, 0.15) is 0 Å². The highest BCUT2D eigenvalue weighted by Crippen LogP contribution is 2.25. The number of hydrogen-bond donors (Lipinski definition) is 0. The number of pyridine rings is 1. The molecule has 0 amide bonds. The molecule has 0 saturated heterocycles. The van der Waals surface area contributed by atoms with Crippen molar-refractivity contribution in [3.8, 4) is 17.2 Å². The molecule has 5 heteroatoms. The smallest absolute Gasteiger partial charge is 0.339 e. The van der Waals surface area contributed by atoms with Gasteiger partial charge in [0, 0.05) is 18.2 Å². The molecule has 0 bridgehead atoms. The highest BCUT2D eigenvalue weighted by molar-refractivity contribution is 5.90. The first-order valence-electron chi connectivity index (χ1n) is 10.8. The molecule has 1 unspecified atom stereocenters. The van der Waals surface area contributed by atoms with Crippen molar-refractivity contribution in [2.45, 2.75) is 39.7 Å². The zero-order valence-corrected chi connectivity index (χ0v) is 18.5. The summed E-state index contributed by atoms with van der Waals surface area (Å²) >= 11 is 0. The van der Waals surface area contributed by atoms with E-state index in [0.717, 1.165) is 46.2 Å². The number of nitriles is 1. The maximum atomic E-state index is 12.4. The van der Waals surface area contributed by atoms with E-state index < -0.39 is 0 Å². The minimum atomic E-state index is -0.324. The predicted molar refractivity (Wildman–Crippen MR) is 124 cm³/mol. The van der Waals surface area contributed by atoms with E-state index in [0.29, 0.717) is 11.1 Å². The molecule has 0 radical (unpaired) electrons. The van der Waals surface area contributed by atoms with Gasteiger partial charge in [-0.05, 0) is 54.7 Å². The number of nitrogens with zero attached hydrogens (tertiary/aromatic N) is 3. The first-order chi connectivity index (χ1) is 15.5. The van der Waals surface area contributed by atoms with Crippen molar-refractivity contribution in [3.63, 3.8) is 0 Å². The average Bonchev–Trinajstić information content (AvgIpc) is 3.22.